The van der Waals surface area contributed by atoms with Gasteiger partial charge in [-0.25, -0.2) is 4.98 Å². The van der Waals surface area contributed by atoms with Crippen molar-refractivity contribution in [3.63, 3.8) is 0 Å². The number of hydrogen-bond donors (Lipinski definition) is 1. The molecule has 106 valence electrons. The third kappa shape index (κ3) is 3.21. The van der Waals surface area contributed by atoms with Crippen LogP contribution in [0.1, 0.15) is 37.6 Å². The Bertz CT molecular complexity index is 576. The number of anilines is 1. The van der Waals surface area contributed by atoms with Crippen molar-refractivity contribution in [1.29, 1.82) is 0 Å². The van der Waals surface area contributed by atoms with E-state index in [9.17, 15) is 0 Å². The lowest BCUT2D eigenvalue weighted by atomic mass is 9.87. The fourth-order valence-corrected chi connectivity index (χ4v) is 3.69. The monoisotopic (exact) mass is 286 g/mol. The predicted molar refractivity (Wildman–Crippen MR) is 87.3 cm³/mol. The Morgan fingerprint density at radius 2 is 2.20 bits per heavy atom. The van der Waals surface area contributed by atoms with Gasteiger partial charge in [0.05, 0.1) is 10.7 Å². The number of hydrogen-bond acceptors (Lipinski definition) is 3. The molecule has 2 atom stereocenters. The highest BCUT2D eigenvalue weighted by Gasteiger charge is 2.18. The maximum absolute atomic E-state index is 4.57. The Morgan fingerprint density at radius 1 is 1.30 bits per heavy atom. The van der Waals surface area contributed by atoms with Crippen LogP contribution < -0.4 is 5.32 Å². The molecule has 3 rings (SSSR count). The van der Waals surface area contributed by atoms with E-state index in [4.69, 9.17) is 0 Å². The predicted octanol–water partition coefficient (Wildman–Crippen LogP) is 5.11. The lowest BCUT2D eigenvalue weighted by Gasteiger charge is -2.28. The summed E-state index contributed by atoms with van der Waals surface area (Å²) in [7, 11) is 0. The zero-order valence-corrected chi connectivity index (χ0v) is 13.0. The Labute approximate surface area is 125 Å². The van der Waals surface area contributed by atoms with Crippen molar-refractivity contribution in [2.24, 2.45) is 5.92 Å². The third-order valence-corrected chi connectivity index (χ3v) is 4.86. The summed E-state index contributed by atoms with van der Waals surface area (Å²) in [5.41, 5.74) is 3.53. The van der Waals surface area contributed by atoms with Gasteiger partial charge < -0.3 is 5.32 Å². The maximum Gasteiger partial charge on any atom is 0.0901 e. The molecule has 0 aliphatic heterocycles. The van der Waals surface area contributed by atoms with Crippen LogP contribution in [0.4, 0.5) is 5.69 Å². The molecule has 0 spiro atoms. The first-order chi connectivity index (χ1) is 9.70. The first-order valence-electron chi connectivity index (χ1n) is 7.50. The zero-order valence-electron chi connectivity index (χ0n) is 12.2. The quantitative estimate of drug-likeness (QED) is 0.848. The van der Waals surface area contributed by atoms with E-state index in [-0.39, 0.29) is 0 Å². The van der Waals surface area contributed by atoms with Gasteiger partial charge in [-0.2, -0.15) is 0 Å². The lowest BCUT2D eigenvalue weighted by molar-refractivity contribution is 0.358. The van der Waals surface area contributed by atoms with Gasteiger partial charge in [-0.15, -0.1) is 11.3 Å². The van der Waals surface area contributed by atoms with Gasteiger partial charge >= 0.3 is 0 Å². The molecule has 2 unspecified atom stereocenters. The molecule has 1 saturated carbocycles. The second kappa shape index (κ2) is 5.96. The Kier molecular flexibility index (Phi) is 4.06. The summed E-state index contributed by atoms with van der Waals surface area (Å²) < 4.78 is 0. The summed E-state index contributed by atoms with van der Waals surface area (Å²) in [5, 5.41) is 6.96. The molecular formula is C17H22N2S. The van der Waals surface area contributed by atoms with E-state index in [1.807, 2.05) is 0 Å². The van der Waals surface area contributed by atoms with Crippen molar-refractivity contribution in [3.8, 4) is 11.3 Å². The van der Waals surface area contributed by atoms with E-state index >= 15 is 0 Å². The second-order valence-electron chi connectivity index (χ2n) is 5.95. The van der Waals surface area contributed by atoms with Crippen molar-refractivity contribution in [3.05, 3.63) is 34.7 Å². The van der Waals surface area contributed by atoms with E-state index in [0.717, 1.165) is 16.6 Å². The highest BCUT2D eigenvalue weighted by atomic mass is 32.1. The summed E-state index contributed by atoms with van der Waals surface area (Å²) in [5.74, 6) is 0.852. The van der Waals surface area contributed by atoms with Crippen LogP contribution in [0.2, 0.25) is 0 Å². The van der Waals surface area contributed by atoms with Gasteiger partial charge in [0.2, 0.25) is 0 Å². The van der Waals surface area contributed by atoms with Crippen LogP contribution >= 0.6 is 11.3 Å². The summed E-state index contributed by atoms with van der Waals surface area (Å²) in [4.78, 5) is 4.57. The molecular weight excluding hydrogens is 264 g/mol. The van der Waals surface area contributed by atoms with Crippen molar-refractivity contribution >= 4 is 17.0 Å². The second-order valence-corrected chi connectivity index (χ2v) is 7.01. The molecule has 1 heterocycles. The molecule has 1 N–H and O–H groups in total. The number of nitrogens with one attached hydrogen (secondary N) is 1. The molecule has 1 aromatic heterocycles. The van der Waals surface area contributed by atoms with E-state index < -0.39 is 0 Å². The Balaban J connectivity index is 1.74. The highest BCUT2D eigenvalue weighted by Crippen LogP contribution is 2.28. The molecule has 0 saturated heterocycles. The van der Waals surface area contributed by atoms with E-state index in [1.54, 1.807) is 11.3 Å². The maximum atomic E-state index is 4.57. The van der Waals surface area contributed by atoms with Gasteiger partial charge in [-0.05, 0) is 37.8 Å². The minimum atomic E-state index is 0.631. The summed E-state index contributed by atoms with van der Waals surface area (Å²) in [6.07, 6.45) is 5.32. The van der Waals surface area contributed by atoms with Gasteiger partial charge in [-0.1, -0.05) is 31.9 Å². The third-order valence-electron chi connectivity index (χ3n) is 4.08. The molecule has 3 heteroatoms. The minimum Gasteiger partial charge on any atom is -0.382 e. The van der Waals surface area contributed by atoms with Gasteiger partial charge in [0.1, 0.15) is 0 Å². The summed E-state index contributed by atoms with van der Waals surface area (Å²) in [6, 6.07) is 9.29. The van der Waals surface area contributed by atoms with Gasteiger partial charge in [0.25, 0.3) is 0 Å². The van der Waals surface area contributed by atoms with Crippen LogP contribution in [0.3, 0.4) is 0 Å². The normalized spacial score (nSPS) is 22.7. The Hall–Kier alpha value is -1.35. The van der Waals surface area contributed by atoms with E-state index in [0.29, 0.717) is 6.04 Å². The molecule has 1 aliphatic carbocycles. The number of rotatable bonds is 3. The highest BCUT2D eigenvalue weighted by molar-refractivity contribution is 7.09. The topological polar surface area (TPSA) is 24.9 Å². The average molecular weight is 286 g/mol. The van der Waals surface area contributed by atoms with Crippen LogP contribution in [0, 0.1) is 12.8 Å². The largest absolute Gasteiger partial charge is 0.382 e. The number of aromatic nitrogens is 1. The van der Waals surface area contributed by atoms with Gasteiger partial charge in [0, 0.05) is 22.7 Å². The van der Waals surface area contributed by atoms with Gasteiger partial charge in [0.15, 0.2) is 0 Å². The van der Waals surface area contributed by atoms with E-state index in [1.165, 1.54) is 36.9 Å². The minimum absolute atomic E-state index is 0.631. The SMILES string of the molecule is Cc1nc(-c2cccc(NC3CCCC(C)C3)c2)cs1. The summed E-state index contributed by atoms with van der Waals surface area (Å²) >= 11 is 1.71. The fourth-order valence-electron chi connectivity index (χ4n) is 3.07. The molecule has 0 radical (unpaired) electrons. The fraction of sp³-hybridized carbons (Fsp3) is 0.471. The van der Waals surface area contributed by atoms with Crippen LogP contribution in [-0.4, -0.2) is 11.0 Å². The van der Waals surface area contributed by atoms with Crippen molar-refractivity contribution < 1.29 is 0 Å². The van der Waals surface area contributed by atoms with Gasteiger partial charge in [-0.3, -0.25) is 0 Å². The van der Waals surface area contributed by atoms with E-state index in [2.05, 4.69) is 53.8 Å². The molecule has 0 bridgehead atoms. The van der Waals surface area contributed by atoms with Crippen LogP contribution in [0.5, 0.6) is 0 Å². The molecule has 2 aromatic rings. The molecule has 0 amide bonds. The van der Waals surface area contributed by atoms with Crippen molar-refractivity contribution in [2.45, 2.75) is 45.6 Å². The molecule has 2 nitrogen and oxygen atoms in total. The van der Waals surface area contributed by atoms with Crippen molar-refractivity contribution in [1.82, 2.24) is 4.98 Å². The number of nitrogens with zero attached hydrogens (tertiary/aromatic N) is 1. The first kappa shape index (κ1) is 13.6. The number of aryl methyl sites for hydroxylation is 1. The van der Waals surface area contributed by atoms with Crippen LogP contribution in [0.25, 0.3) is 11.3 Å². The van der Waals surface area contributed by atoms with Crippen LogP contribution in [-0.2, 0) is 0 Å². The molecule has 1 aromatic carbocycles. The van der Waals surface area contributed by atoms with Crippen LogP contribution in [0.15, 0.2) is 29.6 Å². The lowest BCUT2D eigenvalue weighted by Crippen LogP contribution is -2.26. The number of thiazole rings is 1. The molecule has 1 aliphatic rings. The Morgan fingerprint density at radius 3 is 2.95 bits per heavy atom. The summed E-state index contributed by atoms with van der Waals surface area (Å²) in [6.45, 7) is 4.42. The zero-order chi connectivity index (χ0) is 13.9. The molecule has 20 heavy (non-hydrogen) atoms. The number of benzene rings is 1. The van der Waals surface area contributed by atoms with Crippen molar-refractivity contribution in [2.75, 3.05) is 5.32 Å². The standard InChI is InChI=1S/C17H22N2S/c1-12-5-3-7-15(9-12)19-16-8-4-6-14(10-16)17-11-20-13(2)18-17/h4,6,8,10-12,15,19H,3,5,7,9H2,1-2H3. The average Bonchev–Trinajstić information content (AvgIpc) is 2.86. The first-order valence-corrected chi connectivity index (χ1v) is 8.38. The smallest absolute Gasteiger partial charge is 0.0901 e. The molecule has 1 fully saturated rings.